The monoisotopic (exact) mass is 400 g/mol. The number of nitrogens with one attached hydrogen (secondary N) is 1. The van der Waals surface area contributed by atoms with Gasteiger partial charge >= 0.3 is 0 Å². The lowest BCUT2D eigenvalue weighted by atomic mass is 10.1. The second-order valence-corrected chi connectivity index (χ2v) is 8.64. The number of aryl methyl sites for hydroxylation is 2. The van der Waals surface area contributed by atoms with E-state index >= 15 is 0 Å². The Bertz CT molecular complexity index is 1120. The third-order valence-corrected chi connectivity index (χ3v) is 6.28. The minimum Gasteiger partial charge on any atom is -0.311 e. The SMILES string of the molecule is Cc1ccc(F)c(S(=O)(=O)Nc2ccccc2-c2nnc3n2CCCCC3)c1. The van der Waals surface area contributed by atoms with Crippen LogP contribution in [0.3, 0.4) is 0 Å². The summed E-state index contributed by atoms with van der Waals surface area (Å²) in [7, 11) is -4.09. The lowest BCUT2D eigenvalue weighted by Crippen LogP contribution is -2.16. The van der Waals surface area contributed by atoms with Crippen LogP contribution < -0.4 is 4.72 Å². The summed E-state index contributed by atoms with van der Waals surface area (Å²) in [5.74, 6) is 0.752. The Hall–Kier alpha value is -2.74. The molecule has 4 rings (SSSR count). The molecule has 1 N–H and O–H groups in total. The van der Waals surface area contributed by atoms with E-state index in [4.69, 9.17) is 0 Å². The van der Waals surface area contributed by atoms with Gasteiger partial charge in [0.2, 0.25) is 0 Å². The Morgan fingerprint density at radius 3 is 2.75 bits per heavy atom. The van der Waals surface area contributed by atoms with Crippen LogP contribution >= 0.6 is 0 Å². The maximum atomic E-state index is 14.2. The minimum absolute atomic E-state index is 0.350. The largest absolute Gasteiger partial charge is 0.311 e. The quantitative estimate of drug-likeness (QED) is 0.720. The fraction of sp³-hybridized carbons (Fsp3) is 0.300. The first-order valence-corrected chi connectivity index (χ1v) is 10.7. The molecule has 28 heavy (non-hydrogen) atoms. The van der Waals surface area contributed by atoms with Gasteiger partial charge < -0.3 is 4.57 Å². The van der Waals surface area contributed by atoms with Gasteiger partial charge in [-0.1, -0.05) is 24.6 Å². The summed E-state index contributed by atoms with van der Waals surface area (Å²) in [5.41, 5.74) is 1.64. The molecule has 0 unspecified atom stereocenters. The zero-order valence-electron chi connectivity index (χ0n) is 15.5. The van der Waals surface area contributed by atoms with E-state index < -0.39 is 15.8 Å². The Morgan fingerprint density at radius 2 is 1.89 bits per heavy atom. The summed E-state index contributed by atoms with van der Waals surface area (Å²) >= 11 is 0. The van der Waals surface area contributed by atoms with Gasteiger partial charge in [-0.3, -0.25) is 4.72 Å². The van der Waals surface area contributed by atoms with Crippen LogP contribution in [0.1, 0.15) is 30.7 Å². The van der Waals surface area contributed by atoms with Gasteiger partial charge in [0.15, 0.2) is 5.82 Å². The molecule has 0 spiro atoms. The number of hydrogen-bond acceptors (Lipinski definition) is 4. The van der Waals surface area contributed by atoms with Gasteiger partial charge in [-0.25, -0.2) is 12.8 Å². The molecule has 0 bridgehead atoms. The van der Waals surface area contributed by atoms with Gasteiger partial charge in [-0.2, -0.15) is 0 Å². The van der Waals surface area contributed by atoms with Crippen molar-refractivity contribution >= 4 is 15.7 Å². The van der Waals surface area contributed by atoms with Crippen molar-refractivity contribution in [2.75, 3.05) is 4.72 Å². The topological polar surface area (TPSA) is 76.9 Å². The molecule has 0 radical (unpaired) electrons. The number of nitrogens with zero attached hydrogens (tertiary/aromatic N) is 3. The zero-order chi connectivity index (χ0) is 19.7. The highest BCUT2D eigenvalue weighted by molar-refractivity contribution is 7.92. The standard InChI is InChI=1S/C20H21FN4O2S/c1-14-10-11-16(21)18(13-14)28(26,27)24-17-8-5-4-7-15(17)20-23-22-19-9-3-2-6-12-25(19)20/h4-5,7-8,10-11,13,24H,2-3,6,9,12H2,1H3. The molecule has 2 aromatic carbocycles. The van der Waals surface area contributed by atoms with Crippen molar-refractivity contribution in [3.8, 4) is 11.4 Å². The molecule has 3 aromatic rings. The summed E-state index contributed by atoms with van der Waals surface area (Å²) in [6.45, 7) is 2.52. The number of rotatable bonds is 4. The number of hydrogen-bond donors (Lipinski definition) is 1. The van der Waals surface area contributed by atoms with Crippen molar-refractivity contribution < 1.29 is 12.8 Å². The van der Waals surface area contributed by atoms with Gasteiger partial charge in [0.05, 0.1) is 5.69 Å². The molecule has 0 amide bonds. The molecule has 0 aliphatic carbocycles. The van der Waals surface area contributed by atoms with Crippen LogP contribution in [0, 0.1) is 12.7 Å². The summed E-state index contributed by atoms with van der Waals surface area (Å²) in [5, 5.41) is 8.60. The number of halogens is 1. The molecular formula is C20H21FN4O2S. The Morgan fingerprint density at radius 1 is 1.07 bits per heavy atom. The molecule has 0 fully saturated rings. The fourth-order valence-electron chi connectivity index (χ4n) is 3.47. The highest BCUT2D eigenvalue weighted by atomic mass is 32.2. The first-order valence-electron chi connectivity index (χ1n) is 9.26. The molecule has 2 heterocycles. The molecule has 0 atom stereocenters. The third kappa shape index (κ3) is 3.52. The molecule has 6 nitrogen and oxygen atoms in total. The van der Waals surface area contributed by atoms with E-state index in [0.29, 0.717) is 22.6 Å². The van der Waals surface area contributed by atoms with Crippen LogP contribution in [0.15, 0.2) is 47.4 Å². The first-order chi connectivity index (χ1) is 13.5. The van der Waals surface area contributed by atoms with Crippen LogP contribution in [-0.2, 0) is 23.0 Å². The number of benzene rings is 2. The second kappa shape index (κ2) is 7.35. The lowest BCUT2D eigenvalue weighted by Gasteiger charge is -2.14. The molecule has 0 saturated heterocycles. The van der Waals surface area contributed by atoms with Crippen LogP contribution in [0.2, 0.25) is 0 Å². The maximum Gasteiger partial charge on any atom is 0.264 e. The van der Waals surface area contributed by atoms with E-state index in [9.17, 15) is 12.8 Å². The molecular weight excluding hydrogens is 379 g/mol. The van der Waals surface area contributed by atoms with E-state index in [1.165, 1.54) is 12.1 Å². The Kier molecular flexibility index (Phi) is 4.89. The average Bonchev–Trinajstić information content (AvgIpc) is 2.91. The fourth-order valence-corrected chi connectivity index (χ4v) is 4.71. The number of para-hydroxylation sites is 1. The third-order valence-electron chi connectivity index (χ3n) is 4.90. The van der Waals surface area contributed by atoms with Crippen molar-refractivity contribution in [3.63, 3.8) is 0 Å². The van der Waals surface area contributed by atoms with E-state index in [2.05, 4.69) is 14.9 Å². The van der Waals surface area contributed by atoms with Gasteiger partial charge in [0.1, 0.15) is 16.5 Å². The van der Waals surface area contributed by atoms with E-state index in [1.54, 1.807) is 25.1 Å². The second-order valence-electron chi connectivity index (χ2n) is 6.99. The van der Waals surface area contributed by atoms with Crippen LogP contribution in [0.5, 0.6) is 0 Å². The lowest BCUT2D eigenvalue weighted by molar-refractivity contribution is 0.570. The maximum absolute atomic E-state index is 14.2. The molecule has 0 saturated carbocycles. The van der Waals surface area contributed by atoms with Gasteiger partial charge in [-0.15, -0.1) is 10.2 Å². The van der Waals surface area contributed by atoms with E-state index in [0.717, 1.165) is 44.1 Å². The van der Waals surface area contributed by atoms with Crippen molar-refractivity contribution in [2.24, 2.45) is 0 Å². The van der Waals surface area contributed by atoms with Crippen LogP contribution in [-0.4, -0.2) is 23.2 Å². The smallest absolute Gasteiger partial charge is 0.264 e. The molecule has 8 heteroatoms. The Labute approximate surface area is 163 Å². The predicted molar refractivity (Wildman–Crippen MR) is 105 cm³/mol. The number of fused-ring (bicyclic) bond motifs is 1. The number of anilines is 1. The van der Waals surface area contributed by atoms with E-state index in [1.807, 2.05) is 10.6 Å². The summed E-state index contributed by atoms with van der Waals surface area (Å²) in [4.78, 5) is -0.373. The highest BCUT2D eigenvalue weighted by Crippen LogP contribution is 2.31. The highest BCUT2D eigenvalue weighted by Gasteiger charge is 2.23. The van der Waals surface area contributed by atoms with Crippen molar-refractivity contribution in [1.29, 1.82) is 0 Å². The molecule has 1 aliphatic rings. The van der Waals surface area contributed by atoms with Gasteiger partial charge in [0, 0.05) is 18.5 Å². The van der Waals surface area contributed by atoms with Crippen molar-refractivity contribution in [2.45, 2.75) is 44.0 Å². The summed E-state index contributed by atoms with van der Waals surface area (Å²) < 4.78 is 44.4. The Balaban J connectivity index is 1.75. The normalized spacial score (nSPS) is 14.4. The predicted octanol–water partition coefficient (Wildman–Crippen LogP) is 3.92. The molecule has 1 aromatic heterocycles. The van der Waals surface area contributed by atoms with Crippen molar-refractivity contribution in [3.05, 3.63) is 59.7 Å². The summed E-state index contributed by atoms with van der Waals surface area (Å²) in [6.07, 6.45) is 4.08. The van der Waals surface area contributed by atoms with E-state index in [-0.39, 0.29) is 4.90 Å². The van der Waals surface area contributed by atoms with Crippen molar-refractivity contribution in [1.82, 2.24) is 14.8 Å². The summed E-state index contributed by atoms with van der Waals surface area (Å²) in [6, 6.07) is 11.0. The number of aromatic nitrogens is 3. The molecule has 1 aliphatic heterocycles. The minimum atomic E-state index is -4.09. The van der Waals surface area contributed by atoms with Gasteiger partial charge in [0.25, 0.3) is 10.0 Å². The molecule has 146 valence electrons. The average molecular weight is 400 g/mol. The zero-order valence-corrected chi connectivity index (χ0v) is 16.3. The van der Waals surface area contributed by atoms with Crippen LogP contribution in [0.25, 0.3) is 11.4 Å². The van der Waals surface area contributed by atoms with Gasteiger partial charge in [-0.05, 0) is 49.6 Å². The first kappa shape index (κ1) is 18.6. The van der Waals surface area contributed by atoms with Crippen LogP contribution in [0.4, 0.5) is 10.1 Å². The number of sulfonamides is 1.